The van der Waals surface area contributed by atoms with Gasteiger partial charge in [-0.1, -0.05) is 17.7 Å². The number of phenols is 1. The lowest BCUT2D eigenvalue weighted by Crippen LogP contribution is -2.37. The van der Waals surface area contributed by atoms with Crippen LogP contribution < -0.4 is 0 Å². The summed E-state index contributed by atoms with van der Waals surface area (Å²) in [6.45, 7) is 5.19. The van der Waals surface area contributed by atoms with Crippen LogP contribution in [0.3, 0.4) is 0 Å². The maximum absolute atomic E-state index is 9.93. The zero-order valence-corrected chi connectivity index (χ0v) is 11.7. The molecule has 0 aliphatic carbocycles. The molecule has 1 atom stereocenters. The molecule has 3 heteroatoms. The Morgan fingerprint density at radius 3 is 2.89 bits per heavy atom. The van der Waals surface area contributed by atoms with Crippen molar-refractivity contribution in [1.29, 1.82) is 0 Å². The molecule has 18 heavy (non-hydrogen) atoms. The Labute approximate surface area is 110 Å². The molecule has 1 aliphatic rings. The number of benzene rings is 1. The molecule has 1 saturated heterocycles. The highest BCUT2D eigenvalue weighted by molar-refractivity contribution is 5.35. The number of nitrogens with zero attached hydrogens (tertiary/aromatic N) is 2. The van der Waals surface area contributed by atoms with E-state index < -0.39 is 0 Å². The first-order valence-corrected chi connectivity index (χ1v) is 6.73. The molecule has 1 unspecified atom stereocenters. The van der Waals surface area contributed by atoms with E-state index >= 15 is 0 Å². The van der Waals surface area contributed by atoms with Crippen molar-refractivity contribution in [3.8, 4) is 5.75 Å². The normalized spacial score (nSPS) is 20.8. The van der Waals surface area contributed by atoms with E-state index in [4.69, 9.17) is 0 Å². The molecule has 0 amide bonds. The first kappa shape index (κ1) is 13.4. The van der Waals surface area contributed by atoms with Crippen molar-refractivity contribution >= 4 is 0 Å². The molecule has 0 spiro atoms. The number of rotatable bonds is 4. The molecule has 1 heterocycles. The van der Waals surface area contributed by atoms with Gasteiger partial charge in [0.1, 0.15) is 5.75 Å². The molecular formula is C15H24N2O. The highest BCUT2D eigenvalue weighted by Gasteiger charge is 2.25. The van der Waals surface area contributed by atoms with Crippen LogP contribution in [0.5, 0.6) is 5.75 Å². The van der Waals surface area contributed by atoms with Gasteiger partial charge in [0.05, 0.1) is 0 Å². The van der Waals surface area contributed by atoms with Crippen molar-refractivity contribution in [2.45, 2.75) is 32.4 Å². The summed E-state index contributed by atoms with van der Waals surface area (Å²) in [6.07, 6.45) is 2.54. The van der Waals surface area contributed by atoms with Crippen molar-refractivity contribution in [1.82, 2.24) is 9.80 Å². The predicted molar refractivity (Wildman–Crippen MR) is 74.8 cm³/mol. The maximum Gasteiger partial charge on any atom is 0.120 e. The summed E-state index contributed by atoms with van der Waals surface area (Å²) >= 11 is 0. The highest BCUT2D eigenvalue weighted by Crippen LogP contribution is 2.25. The van der Waals surface area contributed by atoms with Crippen molar-refractivity contribution in [3.63, 3.8) is 0 Å². The Balaban J connectivity index is 2.05. The standard InChI is InChI=1S/C15H24N2O/c1-12-6-7-15(18)13(9-12)10-17-8-4-5-14(17)11-16(2)3/h6-7,9,14,18H,4-5,8,10-11H2,1-3H3. The smallest absolute Gasteiger partial charge is 0.120 e. The van der Waals surface area contributed by atoms with Gasteiger partial charge in [0.25, 0.3) is 0 Å². The second-order valence-electron chi connectivity index (χ2n) is 5.66. The predicted octanol–water partition coefficient (Wildman–Crippen LogP) is 2.23. The minimum absolute atomic E-state index is 0.427. The Morgan fingerprint density at radius 1 is 1.39 bits per heavy atom. The summed E-state index contributed by atoms with van der Waals surface area (Å²) in [4.78, 5) is 4.74. The summed E-state index contributed by atoms with van der Waals surface area (Å²) in [7, 11) is 4.25. The number of likely N-dealkylation sites (tertiary alicyclic amines) is 1. The van der Waals surface area contributed by atoms with Crippen LogP contribution in [-0.2, 0) is 6.54 Å². The van der Waals surface area contributed by atoms with Gasteiger partial charge in [-0.2, -0.15) is 0 Å². The van der Waals surface area contributed by atoms with Gasteiger partial charge in [-0.15, -0.1) is 0 Å². The van der Waals surface area contributed by atoms with E-state index in [0.717, 1.165) is 25.2 Å². The summed E-state index contributed by atoms with van der Waals surface area (Å²) in [5, 5.41) is 9.93. The van der Waals surface area contributed by atoms with E-state index in [1.165, 1.54) is 18.4 Å². The third-order valence-electron chi connectivity index (χ3n) is 3.68. The molecule has 100 valence electrons. The van der Waals surface area contributed by atoms with Crippen LogP contribution in [0.25, 0.3) is 0 Å². The van der Waals surface area contributed by atoms with Crippen LogP contribution in [0.1, 0.15) is 24.0 Å². The molecule has 0 aromatic heterocycles. The Kier molecular flexibility index (Phi) is 4.25. The number of hydrogen-bond donors (Lipinski definition) is 1. The summed E-state index contributed by atoms with van der Waals surface area (Å²) < 4.78 is 0. The molecule has 0 saturated carbocycles. The van der Waals surface area contributed by atoms with Crippen molar-refractivity contribution < 1.29 is 5.11 Å². The van der Waals surface area contributed by atoms with Crippen LogP contribution in [-0.4, -0.2) is 48.1 Å². The Hall–Kier alpha value is -1.06. The number of hydrogen-bond acceptors (Lipinski definition) is 3. The molecule has 1 aliphatic heterocycles. The lowest BCUT2D eigenvalue weighted by Gasteiger charge is -2.27. The van der Waals surface area contributed by atoms with Gasteiger partial charge in [-0.3, -0.25) is 4.90 Å². The number of aromatic hydroxyl groups is 1. The third kappa shape index (κ3) is 3.24. The van der Waals surface area contributed by atoms with Crippen LogP contribution in [0, 0.1) is 6.92 Å². The zero-order chi connectivity index (χ0) is 13.1. The molecule has 0 bridgehead atoms. The van der Waals surface area contributed by atoms with Crippen LogP contribution in [0.2, 0.25) is 0 Å². The maximum atomic E-state index is 9.93. The minimum atomic E-state index is 0.427. The van der Waals surface area contributed by atoms with Gasteiger partial charge in [-0.25, -0.2) is 0 Å². The largest absolute Gasteiger partial charge is 0.508 e. The summed E-state index contributed by atoms with van der Waals surface area (Å²) in [6, 6.07) is 6.49. The van der Waals surface area contributed by atoms with Crippen molar-refractivity contribution in [2.24, 2.45) is 0 Å². The van der Waals surface area contributed by atoms with E-state index in [2.05, 4.69) is 36.9 Å². The zero-order valence-electron chi connectivity index (χ0n) is 11.7. The van der Waals surface area contributed by atoms with E-state index in [0.29, 0.717) is 11.8 Å². The topological polar surface area (TPSA) is 26.7 Å². The highest BCUT2D eigenvalue weighted by atomic mass is 16.3. The Bertz CT molecular complexity index is 403. The first-order chi connectivity index (χ1) is 8.56. The summed E-state index contributed by atoms with van der Waals surface area (Å²) in [5.41, 5.74) is 2.27. The van der Waals surface area contributed by atoms with Gasteiger partial charge in [0.2, 0.25) is 0 Å². The monoisotopic (exact) mass is 248 g/mol. The molecule has 0 radical (unpaired) electrons. The van der Waals surface area contributed by atoms with E-state index in [1.807, 2.05) is 12.1 Å². The molecule has 3 nitrogen and oxygen atoms in total. The fourth-order valence-electron chi connectivity index (χ4n) is 2.79. The van der Waals surface area contributed by atoms with E-state index in [1.54, 1.807) is 0 Å². The second-order valence-corrected chi connectivity index (χ2v) is 5.66. The lowest BCUT2D eigenvalue weighted by atomic mass is 10.1. The fraction of sp³-hybridized carbons (Fsp3) is 0.600. The van der Waals surface area contributed by atoms with Crippen molar-refractivity contribution in [3.05, 3.63) is 29.3 Å². The van der Waals surface area contributed by atoms with Crippen LogP contribution in [0.4, 0.5) is 0 Å². The van der Waals surface area contributed by atoms with Gasteiger partial charge in [0.15, 0.2) is 0 Å². The van der Waals surface area contributed by atoms with E-state index in [9.17, 15) is 5.11 Å². The van der Waals surface area contributed by atoms with Crippen LogP contribution in [0.15, 0.2) is 18.2 Å². The minimum Gasteiger partial charge on any atom is -0.508 e. The number of aryl methyl sites for hydroxylation is 1. The quantitative estimate of drug-likeness (QED) is 0.885. The van der Waals surface area contributed by atoms with Gasteiger partial charge < -0.3 is 10.0 Å². The molecule has 2 rings (SSSR count). The first-order valence-electron chi connectivity index (χ1n) is 6.73. The van der Waals surface area contributed by atoms with Gasteiger partial charge >= 0.3 is 0 Å². The van der Waals surface area contributed by atoms with E-state index in [-0.39, 0.29) is 0 Å². The molecular weight excluding hydrogens is 224 g/mol. The van der Waals surface area contributed by atoms with Crippen LogP contribution >= 0.6 is 0 Å². The number of likely N-dealkylation sites (N-methyl/N-ethyl adjacent to an activating group) is 1. The molecule has 1 fully saturated rings. The third-order valence-corrected chi connectivity index (χ3v) is 3.68. The SMILES string of the molecule is Cc1ccc(O)c(CN2CCCC2CN(C)C)c1. The molecule has 1 aromatic rings. The second kappa shape index (κ2) is 5.72. The van der Waals surface area contributed by atoms with Crippen molar-refractivity contribution in [2.75, 3.05) is 27.2 Å². The Morgan fingerprint density at radius 2 is 2.17 bits per heavy atom. The lowest BCUT2D eigenvalue weighted by molar-refractivity contribution is 0.199. The fourth-order valence-corrected chi connectivity index (χ4v) is 2.79. The van der Waals surface area contributed by atoms with Gasteiger partial charge in [0, 0.05) is 24.7 Å². The molecule has 1 aromatic carbocycles. The number of phenolic OH excluding ortho intramolecular Hbond substituents is 1. The van der Waals surface area contributed by atoms with Gasteiger partial charge in [-0.05, 0) is 46.5 Å². The average Bonchev–Trinajstić information content (AvgIpc) is 2.70. The summed E-state index contributed by atoms with van der Waals surface area (Å²) in [5.74, 6) is 0.427. The molecule has 1 N–H and O–H groups in total. The average molecular weight is 248 g/mol.